The van der Waals surface area contributed by atoms with Gasteiger partial charge in [-0.25, -0.2) is 5.48 Å². The second-order valence-electron chi connectivity index (χ2n) is 6.09. The van der Waals surface area contributed by atoms with Crippen LogP contribution in [-0.4, -0.2) is 57.4 Å². The number of nitrogens with one attached hydrogen (secondary N) is 1. The van der Waals surface area contributed by atoms with Gasteiger partial charge >= 0.3 is 0 Å². The molecule has 0 spiro atoms. The summed E-state index contributed by atoms with van der Waals surface area (Å²) in [6, 6.07) is 0. The molecule has 0 unspecified atom stereocenters. The zero-order chi connectivity index (χ0) is 16.0. The summed E-state index contributed by atoms with van der Waals surface area (Å²) in [6.07, 6.45) is 3.09. The Morgan fingerprint density at radius 3 is 2.24 bits per heavy atom. The normalized spacial score (nSPS) is 20.0. The minimum Gasteiger partial charge on any atom is -0.393 e. The second-order valence-corrected chi connectivity index (χ2v) is 6.09. The molecule has 122 valence electrons. The molecule has 7 nitrogen and oxygen atoms in total. The van der Waals surface area contributed by atoms with Gasteiger partial charge in [0.05, 0.1) is 12.5 Å². The average molecular weight is 302 g/mol. The van der Waals surface area contributed by atoms with Crippen LogP contribution in [0.4, 0.5) is 0 Å². The van der Waals surface area contributed by atoms with Crippen molar-refractivity contribution in [3.63, 3.8) is 0 Å². The van der Waals surface area contributed by atoms with Gasteiger partial charge in [-0.3, -0.25) is 14.8 Å². The molecule has 0 aromatic rings. The van der Waals surface area contributed by atoms with E-state index < -0.39 is 24.0 Å². The van der Waals surface area contributed by atoms with Crippen LogP contribution < -0.4 is 5.48 Å². The van der Waals surface area contributed by atoms with E-state index >= 15 is 0 Å². The summed E-state index contributed by atoms with van der Waals surface area (Å²) < 4.78 is 0. The molecule has 0 aliphatic carbocycles. The van der Waals surface area contributed by atoms with Crippen molar-refractivity contribution < 1.29 is 25.0 Å². The molecule has 0 radical (unpaired) electrons. The number of piperidine rings is 1. The van der Waals surface area contributed by atoms with E-state index in [0.717, 1.165) is 19.3 Å². The molecule has 21 heavy (non-hydrogen) atoms. The van der Waals surface area contributed by atoms with Crippen LogP contribution in [0, 0.1) is 11.8 Å². The summed E-state index contributed by atoms with van der Waals surface area (Å²) in [6.45, 7) is 4.00. The van der Waals surface area contributed by atoms with E-state index in [9.17, 15) is 19.8 Å². The van der Waals surface area contributed by atoms with Crippen LogP contribution in [0.5, 0.6) is 0 Å². The van der Waals surface area contributed by atoms with Crippen molar-refractivity contribution in [2.45, 2.75) is 45.1 Å². The molecule has 1 heterocycles. The molecule has 7 heteroatoms. The molecule has 2 atom stereocenters. The molecule has 1 rings (SSSR count). The largest absolute Gasteiger partial charge is 0.393 e. The summed E-state index contributed by atoms with van der Waals surface area (Å²) in [5.74, 6) is -2.52. The predicted octanol–water partition coefficient (Wildman–Crippen LogP) is -0.110. The van der Waals surface area contributed by atoms with Crippen molar-refractivity contribution in [2.24, 2.45) is 11.8 Å². The van der Waals surface area contributed by atoms with Crippen molar-refractivity contribution >= 4 is 11.8 Å². The third-order valence-electron chi connectivity index (χ3n) is 3.99. The van der Waals surface area contributed by atoms with E-state index in [-0.39, 0.29) is 18.2 Å². The fourth-order valence-corrected chi connectivity index (χ4v) is 2.74. The highest BCUT2D eigenvalue weighted by atomic mass is 16.5. The smallest absolute Gasteiger partial charge is 0.278 e. The molecule has 0 aromatic carbocycles. The highest BCUT2D eigenvalue weighted by Crippen LogP contribution is 2.28. The number of hydroxylamine groups is 1. The van der Waals surface area contributed by atoms with Gasteiger partial charge in [-0.05, 0) is 31.6 Å². The highest BCUT2D eigenvalue weighted by Gasteiger charge is 2.48. The number of carbonyl (C=O) groups is 2. The van der Waals surface area contributed by atoms with Gasteiger partial charge in [0.1, 0.15) is 0 Å². The lowest BCUT2D eigenvalue weighted by Gasteiger charge is -2.37. The van der Waals surface area contributed by atoms with Crippen molar-refractivity contribution in [3.8, 4) is 0 Å². The Bertz CT molecular complexity index is 368. The van der Waals surface area contributed by atoms with E-state index in [1.165, 1.54) is 5.48 Å². The summed E-state index contributed by atoms with van der Waals surface area (Å²) in [7, 11) is 0. The van der Waals surface area contributed by atoms with Crippen molar-refractivity contribution in [1.29, 1.82) is 0 Å². The molecule has 0 bridgehead atoms. The van der Waals surface area contributed by atoms with Crippen molar-refractivity contribution in [1.82, 2.24) is 10.4 Å². The van der Waals surface area contributed by atoms with Crippen LogP contribution in [0.15, 0.2) is 0 Å². The van der Waals surface area contributed by atoms with Crippen molar-refractivity contribution in [3.05, 3.63) is 0 Å². The van der Waals surface area contributed by atoms with Crippen molar-refractivity contribution in [2.75, 3.05) is 19.7 Å². The predicted molar refractivity (Wildman–Crippen MR) is 75.3 cm³/mol. The van der Waals surface area contributed by atoms with Crippen LogP contribution in [0.3, 0.4) is 0 Å². The summed E-state index contributed by atoms with van der Waals surface area (Å²) in [4.78, 5) is 26.0. The highest BCUT2D eigenvalue weighted by molar-refractivity contribution is 5.92. The number of aliphatic hydroxyl groups excluding tert-OH is 1. The Hall–Kier alpha value is -1.18. The molecule has 1 saturated heterocycles. The van der Waals surface area contributed by atoms with Gasteiger partial charge in [-0.15, -0.1) is 0 Å². The Kier molecular flexibility index (Phi) is 6.57. The summed E-state index contributed by atoms with van der Waals surface area (Å²) in [5, 5.41) is 28.6. The number of likely N-dealkylation sites (tertiary alicyclic amines) is 1. The molecule has 1 aliphatic rings. The second kappa shape index (κ2) is 7.72. The average Bonchev–Trinajstić information content (AvgIpc) is 2.51. The topological polar surface area (TPSA) is 110 Å². The third kappa shape index (κ3) is 4.15. The van der Waals surface area contributed by atoms with Gasteiger partial charge < -0.3 is 15.1 Å². The Labute approximate surface area is 124 Å². The van der Waals surface area contributed by atoms with E-state index in [4.69, 9.17) is 5.21 Å². The summed E-state index contributed by atoms with van der Waals surface area (Å²) in [5.41, 5.74) is -0.964. The number of aliphatic hydroxyl groups is 2. The molecule has 4 N–H and O–H groups in total. The first kappa shape index (κ1) is 17.9. The van der Waals surface area contributed by atoms with Gasteiger partial charge in [0.15, 0.2) is 5.60 Å². The first-order valence-corrected chi connectivity index (χ1v) is 7.43. The third-order valence-corrected chi connectivity index (χ3v) is 3.99. The maximum absolute atomic E-state index is 12.7. The van der Waals surface area contributed by atoms with Crippen LogP contribution in [0.2, 0.25) is 0 Å². The molecule has 0 aromatic heterocycles. The molecular weight excluding hydrogens is 276 g/mol. The van der Waals surface area contributed by atoms with Crippen LogP contribution >= 0.6 is 0 Å². The van der Waals surface area contributed by atoms with Crippen LogP contribution in [0.1, 0.15) is 39.5 Å². The molecule has 1 fully saturated rings. The fraction of sp³-hybridized carbons (Fsp3) is 0.857. The number of amides is 2. The van der Waals surface area contributed by atoms with E-state index in [2.05, 4.69) is 0 Å². The number of rotatable bonds is 6. The lowest BCUT2D eigenvalue weighted by molar-refractivity contribution is -0.170. The lowest BCUT2D eigenvalue weighted by Crippen LogP contribution is -2.59. The zero-order valence-corrected chi connectivity index (χ0v) is 12.7. The number of carbonyl (C=O) groups excluding carboxylic acids is 2. The zero-order valence-electron chi connectivity index (χ0n) is 12.7. The molecule has 1 aliphatic heterocycles. The Balaban J connectivity index is 3.02. The van der Waals surface area contributed by atoms with Gasteiger partial charge in [0.2, 0.25) is 5.91 Å². The van der Waals surface area contributed by atoms with Gasteiger partial charge in [-0.2, -0.15) is 0 Å². The first-order valence-electron chi connectivity index (χ1n) is 7.43. The van der Waals surface area contributed by atoms with E-state index in [0.29, 0.717) is 13.1 Å². The molecular formula is C14H26N2O5. The minimum atomic E-state index is -2.31. The van der Waals surface area contributed by atoms with E-state index in [1.54, 1.807) is 4.90 Å². The van der Waals surface area contributed by atoms with Gasteiger partial charge in [0.25, 0.3) is 5.91 Å². The van der Waals surface area contributed by atoms with E-state index in [1.807, 2.05) is 13.8 Å². The SMILES string of the molecule is CC(C)C[C@@H](C(=O)N1CCCCC1)[C@](O)(CO)C(=O)NO. The monoisotopic (exact) mass is 302 g/mol. The van der Waals surface area contributed by atoms with Crippen LogP contribution in [-0.2, 0) is 9.59 Å². The number of nitrogens with zero attached hydrogens (tertiary/aromatic N) is 1. The summed E-state index contributed by atoms with van der Waals surface area (Å²) >= 11 is 0. The number of hydrogen-bond donors (Lipinski definition) is 4. The standard InChI is InChI=1S/C14H26N2O5/c1-10(2)8-11(14(20,9-17)13(19)15-21)12(18)16-6-4-3-5-7-16/h10-11,17,20-21H,3-9H2,1-2H3,(H,15,19)/t11-,14+/m0/s1. The maximum atomic E-state index is 12.7. The first-order chi connectivity index (χ1) is 9.86. The fourth-order valence-electron chi connectivity index (χ4n) is 2.74. The number of hydrogen-bond acceptors (Lipinski definition) is 5. The minimum absolute atomic E-state index is 0.0494. The van der Waals surface area contributed by atoms with Gasteiger partial charge in [-0.1, -0.05) is 13.8 Å². The van der Waals surface area contributed by atoms with Crippen LogP contribution in [0.25, 0.3) is 0 Å². The molecule has 2 amide bonds. The quantitative estimate of drug-likeness (QED) is 0.404. The molecule has 0 saturated carbocycles. The Morgan fingerprint density at radius 1 is 1.24 bits per heavy atom. The maximum Gasteiger partial charge on any atom is 0.278 e. The lowest BCUT2D eigenvalue weighted by atomic mass is 9.80. The van der Waals surface area contributed by atoms with Gasteiger partial charge in [0, 0.05) is 13.1 Å². The Morgan fingerprint density at radius 2 is 1.81 bits per heavy atom.